The summed E-state index contributed by atoms with van der Waals surface area (Å²) < 4.78 is 11.0. The van der Waals surface area contributed by atoms with Gasteiger partial charge in [0.05, 0.1) is 18.7 Å². The topological polar surface area (TPSA) is 96.3 Å². The van der Waals surface area contributed by atoms with Gasteiger partial charge in [0.2, 0.25) is 0 Å². The maximum absolute atomic E-state index is 13.2. The van der Waals surface area contributed by atoms with Gasteiger partial charge in [-0.2, -0.15) is 0 Å². The molecule has 4 rings (SSSR count). The number of amides is 1. The average Bonchev–Trinajstić information content (AvgIpc) is 3.09. The van der Waals surface area contributed by atoms with Gasteiger partial charge in [-0.3, -0.25) is 9.59 Å². The minimum absolute atomic E-state index is 0.0106. The van der Waals surface area contributed by atoms with Crippen LogP contribution < -0.4 is 9.47 Å². The van der Waals surface area contributed by atoms with E-state index in [0.717, 1.165) is 5.56 Å². The molecule has 1 fully saturated rings. The number of aliphatic hydroxyl groups excluding tert-OH is 1. The highest BCUT2D eigenvalue weighted by Gasteiger charge is 2.46. The molecule has 0 aromatic heterocycles. The van der Waals surface area contributed by atoms with Crippen LogP contribution >= 0.6 is 0 Å². The van der Waals surface area contributed by atoms with E-state index in [1.54, 1.807) is 36.4 Å². The summed E-state index contributed by atoms with van der Waals surface area (Å²) in [4.78, 5) is 27.8. The first-order valence-corrected chi connectivity index (χ1v) is 11.6. The predicted molar refractivity (Wildman–Crippen MR) is 136 cm³/mol. The van der Waals surface area contributed by atoms with Crippen molar-refractivity contribution in [1.82, 2.24) is 4.90 Å². The SMILES string of the molecule is COc1ccc(/C(O)=C2/C(=O)C(=O)N(Cc3ccc(OC(C)(C)C)cc3)C2c2ccc(O)cc2)cc1. The number of hydrogen-bond donors (Lipinski definition) is 2. The summed E-state index contributed by atoms with van der Waals surface area (Å²) in [7, 11) is 1.53. The Labute approximate surface area is 210 Å². The first-order chi connectivity index (χ1) is 17.1. The van der Waals surface area contributed by atoms with Gasteiger partial charge in [0.25, 0.3) is 11.7 Å². The van der Waals surface area contributed by atoms with E-state index in [0.29, 0.717) is 22.6 Å². The van der Waals surface area contributed by atoms with Gasteiger partial charge < -0.3 is 24.6 Å². The normalized spacial score (nSPS) is 17.3. The highest BCUT2D eigenvalue weighted by molar-refractivity contribution is 6.46. The number of nitrogens with zero attached hydrogens (tertiary/aromatic N) is 1. The molecule has 7 heteroatoms. The first kappa shape index (κ1) is 24.9. The fourth-order valence-corrected chi connectivity index (χ4v) is 4.16. The molecule has 0 bridgehead atoms. The van der Waals surface area contributed by atoms with Gasteiger partial charge >= 0.3 is 0 Å². The second-order valence-corrected chi connectivity index (χ2v) is 9.61. The van der Waals surface area contributed by atoms with Crippen molar-refractivity contribution in [3.8, 4) is 17.2 Å². The Morgan fingerprint density at radius 1 is 0.889 bits per heavy atom. The molecule has 3 aromatic rings. The summed E-state index contributed by atoms with van der Waals surface area (Å²) in [6, 6.07) is 19.3. The second kappa shape index (κ2) is 9.77. The fraction of sp³-hybridized carbons (Fsp3) is 0.241. The minimum Gasteiger partial charge on any atom is -0.508 e. The zero-order chi connectivity index (χ0) is 26.0. The van der Waals surface area contributed by atoms with E-state index in [1.165, 1.54) is 24.1 Å². The van der Waals surface area contributed by atoms with Crippen LogP contribution in [0, 0.1) is 0 Å². The minimum atomic E-state index is -0.835. The summed E-state index contributed by atoms with van der Waals surface area (Å²) in [5.74, 6) is -0.401. The molecule has 1 saturated heterocycles. The Balaban J connectivity index is 1.74. The summed E-state index contributed by atoms with van der Waals surface area (Å²) in [6.07, 6.45) is 0. The number of carbonyl (C=O) groups is 2. The molecule has 1 amide bonds. The number of aromatic hydroxyl groups is 1. The molecule has 0 radical (unpaired) electrons. The van der Waals surface area contributed by atoms with Gasteiger partial charge in [-0.25, -0.2) is 0 Å². The molecule has 1 atom stereocenters. The standard InChI is InChI=1S/C29H29NO6/c1-29(2,3)36-23-13-5-18(6-14-23)17-30-25(19-7-11-21(31)12-8-19)24(27(33)28(30)34)26(32)20-9-15-22(35-4)16-10-20/h5-16,25,31-32H,17H2,1-4H3/b26-24-. The number of phenols is 1. The second-order valence-electron chi connectivity index (χ2n) is 9.61. The Bertz CT molecular complexity index is 1290. The largest absolute Gasteiger partial charge is 0.508 e. The fourth-order valence-electron chi connectivity index (χ4n) is 4.16. The third-order valence-electron chi connectivity index (χ3n) is 5.81. The molecule has 1 heterocycles. The number of rotatable bonds is 6. The molecule has 0 aliphatic carbocycles. The quantitative estimate of drug-likeness (QED) is 0.282. The molecule has 1 aliphatic rings. The van der Waals surface area contributed by atoms with Crippen molar-refractivity contribution in [2.45, 2.75) is 39.0 Å². The number of phenolic OH excluding ortho intramolecular Hbond substituents is 1. The van der Waals surface area contributed by atoms with Gasteiger partial charge in [-0.1, -0.05) is 24.3 Å². The molecule has 7 nitrogen and oxygen atoms in total. The van der Waals surface area contributed by atoms with Crippen molar-refractivity contribution >= 4 is 17.4 Å². The van der Waals surface area contributed by atoms with E-state index >= 15 is 0 Å². The number of Topliss-reactive ketones (excluding diaryl/α,β-unsaturated/α-hetero) is 1. The van der Waals surface area contributed by atoms with Crippen molar-refractivity contribution in [3.05, 3.63) is 95.1 Å². The van der Waals surface area contributed by atoms with Crippen LogP contribution in [-0.4, -0.2) is 39.5 Å². The van der Waals surface area contributed by atoms with E-state index < -0.39 is 17.7 Å². The van der Waals surface area contributed by atoms with Crippen LogP contribution in [-0.2, 0) is 16.1 Å². The lowest BCUT2D eigenvalue weighted by molar-refractivity contribution is -0.140. The van der Waals surface area contributed by atoms with Gasteiger partial charge in [0, 0.05) is 12.1 Å². The molecule has 0 saturated carbocycles. The third-order valence-corrected chi connectivity index (χ3v) is 5.81. The highest BCUT2D eigenvalue weighted by atomic mass is 16.5. The number of ether oxygens (including phenoxy) is 2. The van der Waals surface area contributed by atoms with E-state index in [9.17, 15) is 19.8 Å². The zero-order valence-corrected chi connectivity index (χ0v) is 20.7. The monoisotopic (exact) mass is 487 g/mol. The van der Waals surface area contributed by atoms with Crippen LogP contribution in [0.2, 0.25) is 0 Å². The van der Waals surface area contributed by atoms with Crippen LogP contribution in [0.5, 0.6) is 17.2 Å². The number of carbonyl (C=O) groups excluding carboxylic acids is 2. The van der Waals surface area contributed by atoms with E-state index in [4.69, 9.17) is 9.47 Å². The maximum atomic E-state index is 13.2. The molecular weight excluding hydrogens is 458 g/mol. The maximum Gasteiger partial charge on any atom is 0.295 e. The Kier molecular flexibility index (Phi) is 6.75. The van der Waals surface area contributed by atoms with E-state index in [1.807, 2.05) is 45.0 Å². The Morgan fingerprint density at radius 2 is 1.47 bits per heavy atom. The number of benzene rings is 3. The number of hydrogen-bond acceptors (Lipinski definition) is 6. The number of ketones is 1. The van der Waals surface area contributed by atoms with Crippen molar-refractivity contribution in [2.75, 3.05) is 7.11 Å². The van der Waals surface area contributed by atoms with Gasteiger partial charge in [0.15, 0.2) is 0 Å². The summed E-state index contributed by atoms with van der Waals surface area (Å²) >= 11 is 0. The number of likely N-dealkylation sites (tertiary alicyclic amines) is 1. The lowest BCUT2D eigenvalue weighted by Crippen LogP contribution is -2.29. The van der Waals surface area contributed by atoms with Crippen LogP contribution in [0.1, 0.15) is 43.5 Å². The number of aliphatic hydroxyl groups is 1. The van der Waals surface area contributed by atoms with Crippen molar-refractivity contribution < 1.29 is 29.3 Å². The van der Waals surface area contributed by atoms with Crippen molar-refractivity contribution in [3.63, 3.8) is 0 Å². The summed E-state index contributed by atoms with van der Waals surface area (Å²) in [6.45, 7) is 6.02. The first-order valence-electron chi connectivity index (χ1n) is 11.6. The molecule has 1 unspecified atom stereocenters. The van der Waals surface area contributed by atoms with E-state index in [2.05, 4.69) is 0 Å². The molecule has 1 aliphatic heterocycles. The third kappa shape index (κ3) is 5.20. The van der Waals surface area contributed by atoms with Crippen molar-refractivity contribution in [1.29, 1.82) is 0 Å². The van der Waals surface area contributed by atoms with Crippen LogP contribution in [0.3, 0.4) is 0 Å². The lowest BCUT2D eigenvalue weighted by Gasteiger charge is -2.26. The summed E-state index contributed by atoms with van der Waals surface area (Å²) in [5.41, 5.74) is 1.42. The molecule has 186 valence electrons. The Hall–Kier alpha value is -4.26. The lowest BCUT2D eigenvalue weighted by atomic mass is 9.95. The van der Waals surface area contributed by atoms with Crippen LogP contribution in [0.4, 0.5) is 0 Å². The smallest absolute Gasteiger partial charge is 0.295 e. The molecular formula is C29H29NO6. The van der Waals surface area contributed by atoms with Crippen LogP contribution in [0.15, 0.2) is 78.4 Å². The Morgan fingerprint density at radius 3 is 2.03 bits per heavy atom. The molecule has 2 N–H and O–H groups in total. The molecule has 3 aromatic carbocycles. The highest BCUT2D eigenvalue weighted by Crippen LogP contribution is 2.41. The van der Waals surface area contributed by atoms with Gasteiger partial charge in [0.1, 0.15) is 28.6 Å². The molecule has 0 spiro atoms. The van der Waals surface area contributed by atoms with E-state index in [-0.39, 0.29) is 29.2 Å². The van der Waals surface area contributed by atoms with Crippen LogP contribution in [0.25, 0.3) is 5.76 Å². The summed E-state index contributed by atoms with van der Waals surface area (Å²) in [5, 5.41) is 20.9. The zero-order valence-electron chi connectivity index (χ0n) is 20.7. The van der Waals surface area contributed by atoms with Gasteiger partial charge in [-0.05, 0) is 80.4 Å². The average molecular weight is 488 g/mol. The number of methoxy groups -OCH3 is 1. The predicted octanol–water partition coefficient (Wildman–Crippen LogP) is 5.20. The molecule has 36 heavy (non-hydrogen) atoms. The van der Waals surface area contributed by atoms with Gasteiger partial charge in [-0.15, -0.1) is 0 Å². The van der Waals surface area contributed by atoms with Crippen molar-refractivity contribution in [2.24, 2.45) is 0 Å².